The van der Waals surface area contributed by atoms with Crippen LogP contribution in [0.1, 0.15) is 63.6 Å². The molecule has 1 aliphatic carbocycles. The van der Waals surface area contributed by atoms with Crippen LogP contribution in [0.3, 0.4) is 0 Å². The highest BCUT2D eigenvalue weighted by Crippen LogP contribution is 2.43. The van der Waals surface area contributed by atoms with Crippen molar-refractivity contribution in [2.24, 2.45) is 5.73 Å². The fraction of sp³-hybridized carbons (Fsp3) is 0.765. The maximum Gasteiger partial charge on any atom is 0.222 e. The lowest BCUT2D eigenvalue weighted by Crippen LogP contribution is -2.31. The number of hydrogen-bond acceptors (Lipinski definition) is 5. The summed E-state index contributed by atoms with van der Waals surface area (Å²) in [6.07, 6.45) is 8.02. The molecule has 0 spiro atoms. The summed E-state index contributed by atoms with van der Waals surface area (Å²) in [4.78, 5) is 11.7. The van der Waals surface area contributed by atoms with Crippen molar-refractivity contribution < 1.29 is 0 Å². The van der Waals surface area contributed by atoms with Gasteiger partial charge in [-0.25, -0.2) is 4.98 Å². The molecule has 1 saturated heterocycles. The summed E-state index contributed by atoms with van der Waals surface area (Å²) in [5.74, 6) is 1.48. The van der Waals surface area contributed by atoms with Crippen molar-refractivity contribution >= 4 is 11.8 Å². The molecule has 1 atom stereocenters. The minimum atomic E-state index is 0.166. The van der Waals surface area contributed by atoms with Crippen molar-refractivity contribution in [3.05, 3.63) is 11.3 Å². The van der Waals surface area contributed by atoms with Crippen molar-refractivity contribution in [3.63, 3.8) is 0 Å². The maximum atomic E-state index is 6.10. The molecule has 2 heterocycles. The SMILES string of the molecule is CCC1(CC)CCCCc2c(N3CCC(N)C3)nc(N)nc21. The third-order valence-corrected chi connectivity index (χ3v) is 5.71. The zero-order valence-corrected chi connectivity index (χ0v) is 13.9. The van der Waals surface area contributed by atoms with Gasteiger partial charge in [-0.2, -0.15) is 4.98 Å². The van der Waals surface area contributed by atoms with Crippen LogP contribution in [0.15, 0.2) is 0 Å². The molecule has 5 heteroatoms. The van der Waals surface area contributed by atoms with Gasteiger partial charge in [-0.1, -0.05) is 20.3 Å². The summed E-state index contributed by atoms with van der Waals surface area (Å²) in [6, 6.07) is 0.250. The van der Waals surface area contributed by atoms with E-state index >= 15 is 0 Å². The van der Waals surface area contributed by atoms with Gasteiger partial charge in [-0.3, -0.25) is 0 Å². The minimum Gasteiger partial charge on any atom is -0.368 e. The zero-order valence-electron chi connectivity index (χ0n) is 13.9. The van der Waals surface area contributed by atoms with Crippen LogP contribution in [0.4, 0.5) is 11.8 Å². The summed E-state index contributed by atoms with van der Waals surface area (Å²) in [5, 5.41) is 0. The fourth-order valence-corrected chi connectivity index (χ4v) is 4.22. The Hall–Kier alpha value is -1.36. The molecule has 2 aliphatic rings. The van der Waals surface area contributed by atoms with E-state index in [1.807, 2.05) is 0 Å². The molecular formula is C17H29N5. The Balaban J connectivity index is 2.12. The van der Waals surface area contributed by atoms with E-state index in [1.54, 1.807) is 0 Å². The van der Waals surface area contributed by atoms with Crippen molar-refractivity contribution in [1.29, 1.82) is 0 Å². The van der Waals surface area contributed by atoms with Gasteiger partial charge in [-0.05, 0) is 38.5 Å². The molecule has 4 N–H and O–H groups in total. The molecule has 1 aromatic heterocycles. The molecule has 5 nitrogen and oxygen atoms in total. The van der Waals surface area contributed by atoms with Crippen molar-refractivity contribution in [1.82, 2.24) is 9.97 Å². The highest BCUT2D eigenvalue weighted by Gasteiger charge is 2.36. The first kappa shape index (κ1) is 15.5. The van der Waals surface area contributed by atoms with E-state index in [9.17, 15) is 0 Å². The molecule has 1 fully saturated rings. The number of hydrogen-bond donors (Lipinski definition) is 2. The monoisotopic (exact) mass is 303 g/mol. The van der Waals surface area contributed by atoms with Crippen LogP contribution in [-0.2, 0) is 11.8 Å². The molecule has 1 aliphatic heterocycles. The van der Waals surface area contributed by atoms with Crippen LogP contribution >= 0.6 is 0 Å². The number of nitrogens with two attached hydrogens (primary N) is 2. The largest absolute Gasteiger partial charge is 0.368 e. The summed E-state index contributed by atoms with van der Waals surface area (Å²) in [6.45, 7) is 6.42. The van der Waals surface area contributed by atoms with E-state index in [1.165, 1.54) is 30.5 Å². The van der Waals surface area contributed by atoms with Crippen molar-refractivity contribution in [2.75, 3.05) is 23.7 Å². The molecule has 1 unspecified atom stereocenters. The van der Waals surface area contributed by atoms with Gasteiger partial charge in [0.1, 0.15) is 5.82 Å². The first-order chi connectivity index (χ1) is 10.6. The average Bonchev–Trinajstić information content (AvgIpc) is 2.86. The minimum absolute atomic E-state index is 0.166. The van der Waals surface area contributed by atoms with Crippen molar-refractivity contribution in [2.45, 2.75) is 70.3 Å². The van der Waals surface area contributed by atoms with Gasteiger partial charge in [0.05, 0.1) is 5.69 Å². The van der Waals surface area contributed by atoms with Gasteiger partial charge >= 0.3 is 0 Å². The van der Waals surface area contributed by atoms with Gasteiger partial charge in [0, 0.05) is 30.1 Å². The molecular weight excluding hydrogens is 274 g/mol. The second-order valence-electron chi connectivity index (χ2n) is 6.92. The molecule has 1 aromatic rings. The quantitative estimate of drug-likeness (QED) is 0.838. The summed E-state index contributed by atoms with van der Waals surface area (Å²) < 4.78 is 0. The maximum absolute atomic E-state index is 6.10. The highest BCUT2D eigenvalue weighted by molar-refractivity contribution is 5.55. The molecule has 3 rings (SSSR count). The second kappa shape index (κ2) is 6.03. The summed E-state index contributed by atoms with van der Waals surface area (Å²) >= 11 is 0. The molecule has 122 valence electrons. The smallest absolute Gasteiger partial charge is 0.222 e. The first-order valence-corrected chi connectivity index (χ1v) is 8.77. The van der Waals surface area contributed by atoms with Gasteiger partial charge in [0.2, 0.25) is 5.95 Å². The van der Waals surface area contributed by atoms with Crippen LogP contribution in [0.25, 0.3) is 0 Å². The van der Waals surface area contributed by atoms with Crippen LogP contribution in [0.2, 0.25) is 0 Å². The Bertz CT molecular complexity index is 538. The average molecular weight is 303 g/mol. The predicted molar refractivity (Wildman–Crippen MR) is 91.1 cm³/mol. The first-order valence-electron chi connectivity index (χ1n) is 8.77. The Morgan fingerprint density at radius 3 is 2.64 bits per heavy atom. The standard InChI is InChI=1S/C17H29N5/c1-3-17(4-2)9-6-5-7-13-14(17)20-16(19)21-15(13)22-10-8-12(18)11-22/h12H,3-11,18H2,1-2H3,(H2,19,20,21). The molecule has 0 bridgehead atoms. The third kappa shape index (κ3) is 2.56. The van der Waals surface area contributed by atoms with Gasteiger partial charge in [0.15, 0.2) is 0 Å². The Morgan fingerprint density at radius 2 is 2.00 bits per heavy atom. The fourth-order valence-electron chi connectivity index (χ4n) is 4.22. The number of rotatable bonds is 3. The van der Waals surface area contributed by atoms with Gasteiger partial charge in [-0.15, -0.1) is 0 Å². The number of fused-ring (bicyclic) bond motifs is 1. The van der Waals surface area contributed by atoms with Crippen molar-refractivity contribution in [3.8, 4) is 0 Å². The zero-order chi connectivity index (χ0) is 15.7. The molecule has 0 radical (unpaired) electrons. The molecule has 22 heavy (non-hydrogen) atoms. The third-order valence-electron chi connectivity index (χ3n) is 5.71. The van der Waals surface area contributed by atoms with Crippen LogP contribution in [0.5, 0.6) is 0 Å². The topological polar surface area (TPSA) is 81.1 Å². The van der Waals surface area contributed by atoms with E-state index in [4.69, 9.17) is 16.5 Å². The number of nitrogen functional groups attached to an aromatic ring is 1. The number of anilines is 2. The Morgan fingerprint density at radius 1 is 1.23 bits per heavy atom. The van der Waals surface area contributed by atoms with E-state index in [2.05, 4.69) is 23.7 Å². The Kier molecular flexibility index (Phi) is 4.26. The van der Waals surface area contributed by atoms with Crippen LogP contribution in [-0.4, -0.2) is 29.1 Å². The summed E-state index contributed by atoms with van der Waals surface area (Å²) in [7, 11) is 0. The van der Waals surface area contributed by atoms with E-state index in [0.29, 0.717) is 5.95 Å². The Labute approximate surface area is 133 Å². The molecule has 0 saturated carbocycles. The lowest BCUT2D eigenvalue weighted by atomic mass is 9.75. The highest BCUT2D eigenvalue weighted by atomic mass is 15.2. The van der Waals surface area contributed by atoms with Crippen LogP contribution < -0.4 is 16.4 Å². The number of aromatic nitrogens is 2. The molecule has 0 amide bonds. The lowest BCUT2D eigenvalue weighted by molar-refractivity contribution is 0.351. The van der Waals surface area contributed by atoms with Gasteiger partial charge in [0.25, 0.3) is 0 Å². The number of nitrogens with zero attached hydrogens (tertiary/aromatic N) is 3. The second-order valence-corrected chi connectivity index (χ2v) is 6.92. The van der Waals surface area contributed by atoms with Gasteiger partial charge < -0.3 is 16.4 Å². The lowest BCUT2D eigenvalue weighted by Gasteiger charge is -2.33. The van der Waals surface area contributed by atoms with E-state index < -0.39 is 0 Å². The van der Waals surface area contributed by atoms with E-state index in [0.717, 1.165) is 44.6 Å². The van der Waals surface area contributed by atoms with E-state index in [-0.39, 0.29) is 11.5 Å². The molecule has 0 aromatic carbocycles. The van der Waals surface area contributed by atoms with Crippen LogP contribution in [0, 0.1) is 0 Å². The normalized spacial score (nSPS) is 24.1. The summed E-state index contributed by atoms with van der Waals surface area (Å²) in [5.41, 5.74) is 14.9. The predicted octanol–water partition coefficient (Wildman–Crippen LogP) is 2.38.